The van der Waals surface area contributed by atoms with Crippen LogP contribution < -0.4 is 0 Å². The zero-order valence-corrected chi connectivity index (χ0v) is 33.5. The largest absolute Gasteiger partial charge is 0.456 e. The van der Waals surface area contributed by atoms with Gasteiger partial charge in [0.15, 0.2) is 17.5 Å². The number of nitrogens with zero attached hydrogens (tertiary/aromatic N) is 4. The van der Waals surface area contributed by atoms with Crippen molar-refractivity contribution in [2.24, 2.45) is 0 Å². The highest BCUT2D eigenvalue weighted by Gasteiger charge is 2.22. The zero-order chi connectivity index (χ0) is 41.0. The van der Waals surface area contributed by atoms with Gasteiger partial charge in [-0.05, 0) is 69.8 Å². The normalized spacial score (nSPS) is 11.5. The van der Waals surface area contributed by atoms with Crippen molar-refractivity contribution < 1.29 is 4.42 Å². The first-order valence-corrected chi connectivity index (χ1v) is 20.8. The molecule has 3 heterocycles. The summed E-state index contributed by atoms with van der Waals surface area (Å²) in [7, 11) is 0. The molecule has 12 aromatic rings. The third kappa shape index (κ3) is 6.06. The molecule has 290 valence electrons. The number of aromatic nitrogens is 4. The molecule has 12 rings (SSSR count). The van der Waals surface area contributed by atoms with Crippen LogP contribution in [-0.2, 0) is 0 Å². The van der Waals surface area contributed by atoms with Gasteiger partial charge in [-0.15, -0.1) is 0 Å². The Hall–Kier alpha value is -8.41. The van der Waals surface area contributed by atoms with Crippen molar-refractivity contribution in [3.63, 3.8) is 0 Å². The van der Waals surface area contributed by atoms with E-state index in [0.29, 0.717) is 17.5 Å². The summed E-state index contributed by atoms with van der Waals surface area (Å²) in [5.74, 6) is 1.79. The van der Waals surface area contributed by atoms with Crippen LogP contribution in [0.15, 0.2) is 223 Å². The first-order chi connectivity index (χ1) is 30.7. The van der Waals surface area contributed by atoms with Gasteiger partial charge in [-0.3, -0.25) is 0 Å². The fraction of sp³-hybridized carbons (Fsp3) is 0. The molecule has 0 aliphatic rings. The molecule has 0 radical (unpaired) electrons. The van der Waals surface area contributed by atoms with Crippen molar-refractivity contribution in [1.29, 1.82) is 0 Å². The van der Waals surface area contributed by atoms with Gasteiger partial charge in [0.1, 0.15) is 11.2 Å². The van der Waals surface area contributed by atoms with Crippen molar-refractivity contribution in [3.8, 4) is 73.2 Å². The van der Waals surface area contributed by atoms with Crippen molar-refractivity contribution in [2.75, 3.05) is 0 Å². The average molecular weight is 793 g/mol. The number of fused-ring (bicyclic) bond motifs is 6. The summed E-state index contributed by atoms with van der Waals surface area (Å²) in [6, 6.07) is 76.4. The Morgan fingerprint density at radius 1 is 0.306 bits per heavy atom. The number of hydrogen-bond acceptors (Lipinski definition) is 4. The highest BCUT2D eigenvalue weighted by atomic mass is 16.3. The number of benzene rings is 9. The number of para-hydroxylation sites is 1. The first-order valence-electron chi connectivity index (χ1n) is 20.8. The Balaban J connectivity index is 1.19. The third-order valence-corrected chi connectivity index (χ3v) is 11.9. The van der Waals surface area contributed by atoms with Crippen LogP contribution in [0.4, 0.5) is 0 Å². The van der Waals surface area contributed by atoms with E-state index >= 15 is 0 Å². The van der Waals surface area contributed by atoms with Gasteiger partial charge in [-0.1, -0.05) is 182 Å². The standard InChI is InChI=1S/C57H36N4O/c1-5-16-37(17-6-1)41-28-31-45-46-32-29-42(38-18-7-2-8-19-38)36-51(46)61(50(45)35-41)49-33-30-43(44-25-15-27-53-54(44)47-24-13-14-26-52(47)62-53)34-48(49)57-59-55(39-20-9-3-10-21-39)58-56(60-57)40-22-11-4-12-23-40/h1-36H. The van der Waals surface area contributed by atoms with Crippen molar-refractivity contribution in [2.45, 2.75) is 0 Å². The predicted octanol–water partition coefficient (Wildman–Crippen LogP) is 14.9. The van der Waals surface area contributed by atoms with Gasteiger partial charge >= 0.3 is 0 Å². The summed E-state index contributed by atoms with van der Waals surface area (Å²) in [6.07, 6.45) is 0. The second kappa shape index (κ2) is 14.7. The Morgan fingerprint density at radius 3 is 1.37 bits per heavy atom. The minimum Gasteiger partial charge on any atom is -0.456 e. The lowest BCUT2D eigenvalue weighted by molar-refractivity contribution is 0.669. The molecule has 5 nitrogen and oxygen atoms in total. The summed E-state index contributed by atoms with van der Waals surface area (Å²) in [6.45, 7) is 0. The van der Waals surface area contributed by atoms with Gasteiger partial charge in [0.25, 0.3) is 0 Å². The number of furan rings is 1. The fourth-order valence-corrected chi connectivity index (χ4v) is 8.92. The highest BCUT2D eigenvalue weighted by molar-refractivity contribution is 6.14. The van der Waals surface area contributed by atoms with E-state index in [-0.39, 0.29) is 0 Å². The van der Waals surface area contributed by atoms with Gasteiger partial charge in [0, 0.05) is 38.2 Å². The first kappa shape index (κ1) is 35.5. The Bertz CT molecular complexity index is 3460. The van der Waals surface area contributed by atoms with Gasteiger partial charge in [-0.25, -0.2) is 15.0 Å². The summed E-state index contributed by atoms with van der Waals surface area (Å²) in [5.41, 5.74) is 14.2. The third-order valence-electron chi connectivity index (χ3n) is 11.9. The quantitative estimate of drug-likeness (QED) is 0.161. The van der Waals surface area contributed by atoms with Crippen LogP contribution >= 0.6 is 0 Å². The molecular formula is C57H36N4O. The molecule has 0 aliphatic carbocycles. The smallest absolute Gasteiger partial charge is 0.166 e. The second-order valence-corrected chi connectivity index (χ2v) is 15.6. The van der Waals surface area contributed by atoms with E-state index in [9.17, 15) is 0 Å². The highest BCUT2D eigenvalue weighted by Crippen LogP contribution is 2.43. The number of hydrogen-bond donors (Lipinski definition) is 0. The summed E-state index contributed by atoms with van der Waals surface area (Å²) < 4.78 is 8.80. The van der Waals surface area contributed by atoms with Crippen LogP contribution in [0, 0.1) is 0 Å². The van der Waals surface area contributed by atoms with E-state index in [1.165, 1.54) is 0 Å². The SMILES string of the molecule is c1ccc(-c2ccc3c4ccc(-c5ccccc5)cc4n(-c4ccc(-c5cccc6oc7ccccc7c56)cc4-c4nc(-c5ccccc5)nc(-c5ccccc5)n4)c3c2)cc1. The second-order valence-electron chi connectivity index (χ2n) is 15.6. The van der Waals surface area contributed by atoms with Gasteiger partial charge in [0.05, 0.1) is 16.7 Å². The van der Waals surface area contributed by atoms with E-state index < -0.39 is 0 Å². The monoisotopic (exact) mass is 792 g/mol. The molecule has 0 saturated heterocycles. The van der Waals surface area contributed by atoms with Crippen LogP contribution in [0.5, 0.6) is 0 Å². The predicted molar refractivity (Wildman–Crippen MR) is 254 cm³/mol. The lowest BCUT2D eigenvalue weighted by Gasteiger charge is -2.17. The van der Waals surface area contributed by atoms with Crippen LogP contribution in [0.25, 0.3) is 117 Å². The molecular weight excluding hydrogens is 757 g/mol. The lowest BCUT2D eigenvalue weighted by Crippen LogP contribution is -2.04. The van der Waals surface area contributed by atoms with E-state index in [1.54, 1.807) is 0 Å². The van der Waals surface area contributed by atoms with Crippen molar-refractivity contribution in [3.05, 3.63) is 218 Å². The molecule has 0 atom stereocenters. The van der Waals surface area contributed by atoms with Crippen molar-refractivity contribution in [1.82, 2.24) is 19.5 Å². The summed E-state index contributed by atoms with van der Waals surface area (Å²) in [5, 5.41) is 4.47. The molecule has 0 saturated carbocycles. The molecule has 5 heteroatoms. The van der Waals surface area contributed by atoms with Gasteiger partial charge in [0.2, 0.25) is 0 Å². The Kier molecular flexibility index (Phi) is 8.42. The number of rotatable bonds is 7. The molecule has 0 bridgehead atoms. The summed E-state index contributed by atoms with van der Waals surface area (Å²) >= 11 is 0. The minimum absolute atomic E-state index is 0.576. The molecule has 0 unspecified atom stereocenters. The van der Waals surface area contributed by atoms with Gasteiger partial charge in [-0.2, -0.15) is 0 Å². The molecule has 9 aromatic carbocycles. The van der Waals surface area contributed by atoms with E-state index in [4.69, 9.17) is 19.4 Å². The van der Waals surface area contributed by atoms with E-state index in [2.05, 4.69) is 168 Å². The Labute approximate surface area is 357 Å². The van der Waals surface area contributed by atoms with Crippen LogP contribution in [0.3, 0.4) is 0 Å². The average Bonchev–Trinajstić information content (AvgIpc) is 3.90. The maximum atomic E-state index is 6.40. The fourth-order valence-electron chi connectivity index (χ4n) is 8.92. The maximum Gasteiger partial charge on any atom is 0.166 e. The molecule has 0 N–H and O–H groups in total. The molecule has 0 amide bonds. The molecule has 0 spiro atoms. The topological polar surface area (TPSA) is 56.7 Å². The Morgan fingerprint density at radius 2 is 0.790 bits per heavy atom. The van der Waals surface area contributed by atoms with E-state index in [1.807, 2.05) is 54.6 Å². The van der Waals surface area contributed by atoms with E-state index in [0.717, 1.165) is 99.5 Å². The van der Waals surface area contributed by atoms with Crippen LogP contribution in [0.2, 0.25) is 0 Å². The minimum atomic E-state index is 0.576. The van der Waals surface area contributed by atoms with Crippen LogP contribution in [0.1, 0.15) is 0 Å². The molecule has 0 fully saturated rings. The lowest BCUT2D eigenvalue weighted by atomic mass is 9.96. The molecule has 3 aromatic heterocycles. The van der Waals surface area contributed by atoms with Crippen LogP contribution in [-0.4, -0.2) is 19.5 Å². The zero-order valence-electron chi connectivity index (χ0n) is 33.5. The maximum absolute atomic E-state index is 6.40. The molecule has 62 heavy (non-hydrogen) atoms. The summed E-state index contributed by atoms with van der Waals surface area (Å²) in [4.78, 5) is 15.8. The molecule has 0 aliphatic heterocycles. The van der Waals surface area contributed by atoms with Gasteiger partial charge < -0.3 is 8.98 Å². The van der Waals surface area contributed by atoms with Crippen molar-refractivity contribution >= 4 is 43.7 Å².